The Morgan fingerprint density at radius 2 is 1.65 bits per heavy atom. The number of fused-ring (bicyclic) bond motifs is 1. The number of halogens is 3. The van der Waals surface area contributed by atoms with E-state index in [-0.39, 0.29) is 28.7 Å². The number of carbonyl (C=O) groups is 3. The van der Waals surface area contributed by atoms with Crippen LogP contribution in [0.25, 0.3) is 10.2 Å². The maximum atomic E-state index is 13.9. The first-order valence-electron chi connectivity index (χ1n) is 11.0. The van der Waals surface area contributed by atoms with Crippen LogP contribution in [0.5, 0.6) is 0 Å². The lowest BCUT2D eigenvalue weighted by Crippen LogP contribution is -2.46. The second-order valence-corrected chi connectivity index (χ2v) is 9.13. The highest BCUT2D eigenvalue weighted by atomic mass is 32.1. The van der Waals surface area contributed by atoms with E-state index in [1.165, 1.54) is 43.3 Å². The molecule has 0 aliphatic heterocycles. The van der Waals surface area contributed by atoms with E-state index in [4.69, 9.17) is 5.73 Å². The number of Topliss-reactive ketones (excluding diaryl/α,β-unsaturated/α-hetero) is 1. The summed E-state index contributed by atoms with van der Waals surface area (Å²) < 4.78 is 42.3. The summed E-state index contributed by atoms with van der Waals surface area (Å²) >= 11 is 1.03. The van der Waals surface area contributed by atoms with E-state index >= 15 is 0 Å². The van der Waals surface area contributed by atoms with E-state index in [2.05, 4.69) is 10.3 Å². The monoisotopic (exact) mass is 526 g/mol. The van der Waals surface area contributed by atoms with E-state index in [9.17, 15) is 27.6 Å². The van der Waals surface area contributed by atoms with E-state index in [0.29, 0.717) is 26.4 Å². The van der Waals surface area contributed by atoms with Crippen LogP contribution in [0.1, 0.15) is 33.9 Å². The third-order valence-electron chi connectivity index (χ3n) is 5.47. The van der Waals surface area contributed by atoms with Gasteiger partial charge in [-0.25, -0.2) is 4.98 Å². The highest BCUT2D eigenvalue weighted by molar-refractivity contribution is 7.20. The molecule has 2 amide bonds. The molecule has 3 aromatic carbocycles. The fourth-order valence-electron chi connectivity index (χ4n) is 3.78. The van der Waals surface area contributed by atoms with Crippen LogP contribution in [0.15, 0.2) is 72.8 Å². The number of para-hydroxylation sites is 1. The number of amides is 2. The van der Waals surface area contributed by atoms with Gasteiger partial charge in [-0.15, -0.1) is 11.3 Å². The number of alkyl halides is 3. The lowest BCUT2D eigenvalue weighted by Gasteiger charge is -2.31. The molecule has 0 aliphatic carbocycles. The lowest BCUT2D eigenvalue weighted by molar-refractivity contribution is -0.170. The number of hydrogen-bond donors (Lipinski definition) is 2. The fraction of sp³-hybridized carbons (Fsp3) is 0.154. The van der Waals surface area contributed by atoms with Crippen LogP contribution in [0.4, 0.5) is 24.5 Å². The van der Waals surface area contributed by atoms with Crippen molar-refractivity contribution in [2.75, 3.05) is 10.2 Å². The Balaban J connectivity index is 1.88. The van der Waals surface area contributed by atoms with Gasteiger partial charge in [0.2, 0.25) is 11.7 Å². The van der Waals surface area contributed by atoms with Crippen LogP contribution in [0, 0.1) is 0 Å². The zero-order valence-electron chi connectivity index (χ0n) is 19.5. The first-order chi connectivity index (χ1) is 17.6. The Morgan fingerprint density at radius 1 is 1.00 bits per heavy atom. The molecule has 3 N–H and O–H groups in total. The minimum Gasteiger partial charge on any atom is -0.326 e. The van der Waals surface area contributed by atoms with Crippen molar-refractivity contribution in [2.24, 2.45) is 5.73 Å². The van der Waals surface area contributed by atoms with E-state index in [0.717, 1.165) is 11.3 Å². The number of hydrogen-bond acceptors (Lipinski definition) is 6. The minimum atomic E-state index is -5.28. The zero-order chi connectivity index (χ0) is 26.7. The molecule has 0 saturated heterocycles. The van der Waals surface area contributed by atoms with Crippen molar-refractivity contribution in [2.45, 2.75) is 25.7 Å². The fourth-order valence-corrected chi connectivity index (χ4v) is 4.71. The lowest BCUT2D eigenvalue weighted by atomic mass is 9.98. The van der Waals surface area contributed by atoms with E-state index in [1.807, 2.05) is 0 Å². The largest absolute Gasteiger partial charge is 0.471 e. The predicted octanol–water partition coefficient (Wildman–Crippen LogP) is 5.23. The summed E-state index contributed by atoms with van der Waals surface area (Å²) in [6.07, 6.45) is -5.28. The van der Waals surface area contributed by atoms with Gasteiger partial charge in [-0.2, -0.15) is 13.2 Å². The molecule has 0 bridgehead atoms. The second-order valence-electron chi connectivity index (χ2n) is 8.10. The van der Waals surface area contributed by atoms with Gasteiger partial charge in [-0.05, 0) is 47.5 Å². The maximum absolute atomic E-state index is 13.9. The van der Waals surface area contributed by atoms with Gasteiger partial charge in [-0.3, -0.25) is 19.3 Å². The molecule has 1 atom stereocenters. The summed E-state index contributed by atoms with van der Waals surface area (Å²) in [5.41, 5.74) is 7.16. The van der Waals surface area contributed by atoms with Gasteiger partial charge in [0.1, 0.15) is 6.04 Å². The third kappa shape index (κ3) is 5.68. The van der Waals surface area contributed by atoms with Gasteiger partial charge in [0.25, 0.3) is 0 Å². The number of rotatable bonds is 7. The third-order valence-corrected chi connectivity index (χ3v) is 6.52. The molecule has 1 aromatic heterocycles. The van der Waals surface area contributed by atoms with Gasteiger partial charge in [-0.1, -0.05) is 36.4 Å². The van der Waals surface area contributed by atoms with Gasteiger partial charge in [0.05, 0.1) is 10.2 Å². The number of carbonyl (C=O) groups excluding carboxylic acids is 3. The molecule has 1 heterocycles. The molecule has 0 aliphatic rings. The van der Waals surface area contributed by atoms with Gasteiger partial charge in [0.15, 0.2) is 5.01 Å². The van der Waals surface area contributed by atoms with Crippen molar-refractivity contribution in [1.82, 2.24) is 4.98 Å². The molecule has 11 heteroatoms. The average molecular weight is 527 g/mol. The Labute approximate surface area is 213 Å². The Kier molecular flexibility index (Phi) is 7.37. The molecule has 4 rings (SSSR count). The molecule has 0 radical (unpaired) electrons. The molecule has 37 heavy (non-hydrogen) atoms. The van der Waals surface area contributed by atoms with Crippen molar-refractivity contribution in [3.63, 3.8) is 0 Å². The number of nitrogens with one attached hydrogen (secondary N) is 1. The van der Waals surface area contributed by atoms with Gasteiger partial charge < -0.3 is 11.1 Å². The SMILES string of the molecule is CC(=O)Nc1ccc(N(C(=O)C(F)(F)F)C(C(=O)c2nc3ccccc3s2)c2ccc(CN)cc2)cc1. The Hall–Kier alpha value is -4.09. The molecule has 0 spiro atoms. The minimum absolute atomic E-state index is 0.0380. The van der Waals surface area contributed by atoms with Gasteiger partial charge in [0, 0.05) is 24.8 Å². The van der Waals surface area contributed by atoms with Gasteiger partial charge >= 0.3 is 12.1 Å². The molecule has 0 fully saturated rings. The van der Waals surface area contributed by atoms with Crippen LogP contribution >= 0.6 is 11.3 Å². The van der Waals surface area contributed by atoms with Crippen molar-refractivity contribution in [3.05, 3.63) is 88.9 Å². The Morgan fingerprint density at radius 3 is 2.22 bits per heavy atom. The number of benzene rings is 3. The molecule has 190 valence electrons. The summed E-state index contributed by atoms with van der Waals surface area (Å²) in [4.78, 5) is 42.7. The summed E-state index contributed by atoms with van der Waals surface area (Å²) in [7, 11) is 0. The summed E-state index contributed by atoms with van der Waals surface area (Å²) in [5.74, 6) is -3.37. The van der Waals surface area contributed by atoms with Crippen molar-refractivity contribution < 1.29 is 27.6 Å². The number of aromatic nitrogens is 1. The van der Waals surface area contributed by atoms with E-state index < -0.39 is 23.9 Å². The predicted molar refractivity (Wildman–Crippen MR) is 135 cm³/mol. The molecule has 4 aromatic rings. The molecular formula is C26H21F3N4O3S. The summed E-state index contributed by atoms with van der Waals surface area (Å²) in [6.45, 7) is 1.47. The summed E-state index contributed by atoms with van der Waals surface area (Å²) in [6, 6.07) is 16.5. The first-order valence-corrected chi connectivity index (χ1v) is 11.9. The normalized spacial score (nSPS) is 12.2. The van der Waals surface area contributed by atoms with Crippen LogP contribution in [-0.2, 0) is 16.1 Å². The van der Waals surface area contributed by atoms with Crippen LogP contribution in [-0.4, -0.2) is 28.8 Å². The highest BCUT2D eigenvalue weighted by Crippen LogP contribution is 2.36. The molecule has 0 saturated carbocycles. The zero-order valence-corrected chi connectivity index (χ0v) is 20.3. The Bertz CT molecular complexity index is 1420. The van der Waals surface area contributed by atoms with Crippen molar-refractivity contribution >= 4 is 50.5 Å². The highest BCUT2D eigenvalue weighted by Gasteiger charge is 2.48. The standard InChI is InChI=1S/C26H21F3N4O3S/c1-15(34)31-18-10-12-19(13-11-18)33(25(36)26(27,28)29)22(17-8-6-16(14-30)7-9-17)23(35)24-32-20-4-2-3-5-21(20)37-24/h2-13,22H,14,30H2,1H3,(H,31,34). The number of thiazole rings is 1. The smallest absolute Gasteiger partial charge is 0.326 e. The molecular weight excluding hydrogens is 505 g/mol. The van der Waals surface area contributed by atoms with Crippen LogP contribution < -0.4 is 16.0 Å². The number of nitrogens with two attached hydrogens (primary N) is 1. The summed E-state index contributed by atoms with van der Waals surface area (Å²) in [5, 5.41) is 2.48. The topological polar surface area (TPSA) is 105 Å². The average Bonchev–Trinajstić information content (AvgIpc) is 3.31. The van der Waals surface area contributed by atoms with Crippen molar-refractivity contribution in [3.8, 4) is 0 Å². The number of nitrogens with zero attached hydrogens (tertiary/aromatic N) is 2. The number of anilines is 2. The van der Waals surface area contributed by atoms with Crippen LogP contribution in [0.2, 0.25) is 0 Å². The second kappa shape index (κ2) is 10.5. The van der Waals surface area contributed by atoms with Crippen molar-refractivity contribution in [1.29, 1.82) is 0 Å². The van der Waals surface area contributed by atoms with E-state index in [1.54, 1.807) is 36.4 Å². The molecule has 1 unspecified atom stereocenters. The maximum Gasteiger partial charge on any atom is 0.471 e. The quantitative estimate of drug-likeness (QED) is 0.321. The van der Waals surface area contributed by atoms with Crippen LogP contribution in [0.3, 0.4) is 0 Å². The number of ketones is 1. The first kappa shape index (κ1) is 26.0. The molecule has 7 nitrogen and oxygen atoms in total.